The van der Waals surface area contributed by atoms with Gasteiger partial charge >= 0.3 is 0 Å². The maximum atomic E-state index is 15.0. The van der Waals surface area contributed by atoms with Crippen molar-refractivity contribution in [2.45, 2.75) is 49.6 Å². The lowest BCUT2D eigenvalue weighted by Gasteiger charge is -2.31. The highest BCUT2D eigenvalue weighted by molar-refractivity contribution is 7.91. The van der Waals surface area contributed by atoms with Crippen LogP contribution in [0.25, 0.3) is 27.9 Å². The Balaban J connectivity index is 1.22. The Morgan fingerprint density at radius 3 is 2.58 bits per heavy atom. The lowest BCUT2D eigenvalue weighted by Crippen LogP contribution is -2.39. The predicted molar refractivity (Wildman–Crippen MR) is 169 cm³/mol. The van der Waals surface area contributed by atoms with Crippen LogP contribution in [0.4, 0.5) is 4.39 Å². The van der Waals surface area contributed by atoms with Crippen LogP contribution in [0.2, 0.25) is 0 Å². The predicted octanol–water partition coefficient (Wildman–Crippen LogP) is 6.89. The summed E-state index contributed by atoms with van der Waals surface area (Å²) in [6, 6.07) is 13.6. The van der Waals surface area contributed by atoms with Gasteiger partial charge in [-0.15, -0.1) is 11.3 Å². The Morgan fingerprint density at radius 2 is 1.88 bits per heavy atom. The number of hydrogen-bond acceptors (Lipinski definition) is 7. The number of morpholine rings is 1. The number of thiazole rings is 1. The van der Waals surface area contributed by atoms with E-state index in [4.69, 9.17) is 16.3 Å². The molecule has 11 heteroatoms. The van der Waals surface area contributed by atoms with Crippen LogP contribution < -0.4 is 0 Å². The summed E-state index contributed by atoms with van der Waals surface area (Å²) in [5.74, 6) is 0. The minimum absolute atomic E-state index is 0.194. The number of allylic oxidation sites excluding steroid dienone is 3. The SMILES string of the molecule is CC1(S(=O)(=O)n2c(-c3ccc(CN4CCOCC4)cc3)cc3cccnc32)C=C(Cl)C(c2cnc(C3(F)CCC3)s2)=CC1. The number of nitrogens with zero attached hydrogens (tertiary/aromatic N) is 4. The summed E-state index contributed by atoms with van der Waals surface area (Å²) in [6.45, 7) is 5.76. The fraction of sp³-hybridized carbons (Fsp3) is 0.375. The molecule has 0 spiro atoms. The van der Waals surface area contributed by atoms with Crippen LogP contribution >= 0.6 is 22.9 Å². The number of hydrogen-bond donors (Lipinski definition) is 0. The molecule has 7 nitrogen and oxygen atoms in total. The van der Waals surface area contributed by atoms with Gasteiger partial charge in [-0.25, -0.2) is 26.7 Å². The van der Waals surface area contributed by atoms with Gasteiger partial charge in [0.05, 0.1) is 23.8 Å². The second-order valence-electron chi connectivity index (χ2n) is 11.8. The number of ether oxygens (including phenoxy) is 1. The average Bonchev–Trinajstić information content (AvgIpc) is 3.63. The standard InChI is InChI=1S/C32H32ClFN4O3S2/c1-31(12-9-25(26(33)19-31)28-20-36-30(42-28)32(34)10-3-11-32)43(39,40)38-27(18-24-4-2-13-35-29(24)38)23-7-5-22(6-8-23)21-37-14-16-41-17-15-37/h2,4-9,13,18-20H,3,10-12,14-17,21H2,1H3. The van der Waals surface area contributed by atoms with Crippen molar-refractivity contribution in [2.24, 2.45) is 0 Å². The summed E-state index contributed by atoms with van der Waals surface area (Å²) >= 11 is 8.08. The number of aromatic nitrogens is 3. The van der Waals surface area contributed by atoms with Gasteiger partial charge in [-0.05, 0) is 68.0 Å². The van der Waals surface area contributed by atoms with E-state index in [0.717, 1.165) is 60.7 Å². The fourth-order valence-corrected chi connectivity index (χ4v) is 9.40. The number of benzene rings is 1. The molecule has 3 aliphatic rings. The molecule has 4 heterocycles. The number of pyridine rings is 1. The first-order chi connectivity index (χ1) is 20.7. The van der Waals surface area contributed by atoms with Gasteiger partial charge in [0, 0.05) is 48.0 Å². The summed E-state index contributed by atoms with van der Waals surface area (Å²) in [6.07, 6.45) is 8.71. The van der Waals surface area contributed by atoms with Gasteiger partial charge in [-0.2, -0.15) is 0 Å². The van der Waals surface area contributed by atoms with Crippen LogP contribution in [-0.2, 0) is 27.0 Å². The van der Waals surface area contributed by atoms with Gasteiger partial charge in [-0.1, -0.05) is 41.9 Å². The molecule has 1 aliphatic heterocycles. The lowest BCUT2D eigenvalue weighted by molar-refractivity contribution is 0.0342. The fourth-order valence-electron chi connectivity index (χ4n) is 5.97. The zero-order valence-corrected chi connectivity index (χ0v) is 26.2. The highest BCUT2D eigenvalue weighted by Crippen LogP contribution is 2.48. The van der Waals surface area contributed by atoms with Crippen LogP contribution in [0.1, 0.15) is 48.1 Å². The molecule has 3 aromatic heterocycles. The molecule has 4 aromatic rings. The van der Waals surface area contributed by atoms with E-state index in [2.05, 4.69) is 27.0 Å². The van der Waals surface area contributed by atoms with Gasteiger partial charge in [0.15, 0.2) is 11.3 Å². The minimum Gasteiger partial charge on any atom is -0.379 e. The first-order valence-electron chi connectivity index (χ1n) is 14.5. The Hall–Kier alpha value is -2.89. The molecule has 0 radical (unpaired) electrons. The molecule has 0 bridgehead atoms. The van der Waals surface area contributed by atoms with Gasteiger partial charge in [-0.3, -0.25) is 4.90 Å². The van der Waals surface area contributed by atoms with Gasteiger partial charge in [0.2, 0.25) is 10.0 Å². The maximum Gasteiger partial charge on any atom is 0.250 e. The van der Waals surface area contributed by atoms with E-state index >= 15 is 0 Å². The number of rotatable bonds is 7. The van der Waals surface area contributed by atoms with Crippen LogP contribution in [0.15, 0.2) is 72.0 Å². The molecule has 2 fully saturated rings. The number of fused-ring (bicyclic) bond motifs is 1. The molecule has 1 aromatic carbocycles. The molecule has 1 unspecified atom stereocenters. The van der Waals surface area contributed by atoms with Crippen molar-refractivity contribution in [1.29, 1.82) is 0 Å². The molecule has 43 heavy (non-hydrogen) atoms. The van der Waals surface area contributed by atoms with E-state index in [0.29, 0.717) is 39.8 Å². The second-order valence-corrected chi connectivity index (χ2v) is 15.5. The highest BCUT2D eigenvalue weighted by atomic mass is 35.5. The number of alkyl halides is 1. The molecule has 0 N–H and O–H groups in total. The van der Waals surface area contributed by atoms with Crippen molar-refractivity contribution in [3.63, 3.8) is 0 Å². The summed E-state index contributed by atoms with van der Waals surface area (Å²) in [5.41, 5.74) is 2.19. The molecule has 7 rings (SSSR count). The van der Waals surface area contributed by atoms with Crippen molar-refractivity contribution >= 4 is 49.6 Å². The third-order valence-electron chi connectivity index (χ3n) is 8.81. The minimum atomic E-state index is -4.05. The molecule has 1 saturated heterocycles. The normalized spacial score (nSPS) is 22.7. The van der Waals surface area contributed by atoms with E-state index in [1.165, 1.54) is 15.3 Å². The molecule has 1 saturated carbocycles. The van der Waals surface area contributed by atoms with Crippen molar-refractivity contribution < 1.29 is 17.5 Å². The first-order valence-corrected chi connectivity index (χ1v) is 17.2. The summed E-state index contributed by atoms with van der Waals surface area (Å²) in [4.78, 5) is 11.9. The maximum absolute atomic E-state index is 15.0. The topological polar surface area (TPSA) is 77.3 Å². The van der Waals surface area contributed by atoms with E-state index in [1.54, 1.807) is 31.5 Å². The van der Waals surface area contributed by atoms with E-state index < -0.39 is 20.4 Å². The zero-order chi connectivity index (χ0) is 29.8. The monoisotopic (exact) mass is 638 g/mol. The van der Waals surface area contributed by atoms with Crippen molar-refractivity contribution in [1.82, 2.24) is 18.8 Å². The summed E-state index contributed by atoms with van der Waals surface area (Å²) < 4.78 is 49.6. The third-order valence-corrected chi connectivity index (χ3v) is 12.6. The Morgan fingerprint density at radius 1 is 1.12 bits per heavy atom. The Bertz CT molecular complexity index is 1850. The Labute approximate surface area is 259 Å². The number of halogens is 2. The first kappa shape index (κ1) is 28.9. The van der Waals surface area contributed by atoms with E-state index in [9.17, 15) is 12.8 Å². The second kappa shape index (κ2) is 10.9. The van der Waals surface area contributed by atoms with Crippen LogP contribution in [0, 0.1) is 0 Å². The Kier molecular flexibility index (Phi) is 7.33. The third kappa shape index (κ3) is 5.07. The van der Waals surface area contributed by atoms with Gasteiger partial charge < -0.3 is 4.74 Å². The smallest absolute Gasteiger partial charge is 0.250 e. The van der Waals surface area contributed by atoms with Crippen molar-refractivity contribution in [3.05, 3.63) is 87.5 Å². The molecular weight excluding hydrogens is 607 g/mol. The zero-order valence-electron chi connectivity index (χ0n) is 23.8. The highest BCUT2D eigenvalue weighted by Gasteiger charge is 2.44. The largest absolute Gasteiger partial charge is 0.379 e. The van der Waals surface area contributed by atoms with Crippen molar-refractivity contribution in [2.75, 3.05) is 26.3 Å². The van der Waals surface area contributed by atoms with E-state index in [1.807, 2.05) is 30.3 Å². The quantitative estimate of drug-likeness (QED) is 0.219. The molecular formula is C32H32ClFN4O3S2. The van der Waals surface area contributed by atoms with Gasteiger partial charge in [0.1, 0.15) is 9.75 Å². The average molecular weight is 639 g/mol. The van der Waals surface area contributed by atoms with Crippen LogP contribution in [-0.4, -0.2) is 58.3 Å². The van der Waals surface area contributed by atoms with Gasteiger partial charge in [0.25, 0.3) is 0 Å². The summed E-state index contributed by atoms with van der Waals surface area (Å²) in [7, 11) is -4.05. The van der Waals surface area contributed by atoms with Crippen LogP contribution in [0.5, 0.6) is 0 Å². The van der Waals surface area contributed by atoms with Crippen LogP contribution in [0.3, 0.4) is 0 Å². The molecule has 1 atom stereocenters. The molecule has 2 aliphatic carbocycles. The van der Waals surface area contributed by atoms with E-state index in [-0.39, 0.29) is 6.42 Å². The summed E-state index contributed by atoms with van der Waals surface area (Å²) in [5, 5.41) is 1.51. The van der Waals surface area contributed by atoms with Crippen molar-refractivity contribution in [3.8, 4) is 11.3 Å². The molecule has 0 amide bonds. The lowest BCUT2D eigenvalue weighted by atomic mass is 9.83. The molecule has 224 valence electrons.